The summed E-state index contributed by atoms with van der Waals surface area (Å²) in [5.41, 5.74) is 3.37. The Labute approximate surface area is 208 Å². The zero-order valence-electron chi connectivity index (χ0n) is 19.7. The molecule has 9 nitrogen and oxygen atoms in total. The minimum atomic E-state index is -1.53. The Bertz CT molecular complexity index is 1260. The highest BCUT2D eigenvalue weighted by atomic mass is 16.8. The van der Waals surface area contributed by atoms with Crippen molar-refractivity contribution in [3.05, 3.63) is 77.9 Å². The zero-order valence-corrected chi connectivity index (χ0v) is 19.7. The fourth-order valence-electron chi connectivity index (χ4n) is 5.11. The molecule has 0 amide bonds. The first-order chi connectivity index (χ1) is 17.6. The molecule has 1 aromatic heterocycles. The van der Waals surface area contributed by atoms with E-state index in [2.05, 4.69) is 46.6 Å². The summed E-state index contributed by atoms with van der Waals surface area (Å²) in [6, 6.07) is 19.0. The van der Waals surface area contributed by atoms with Crippen LogP contribution in [-0.2, 0) is 31.9 Å². The lowest BCUT2D eigenvalue weighted by Gasteiger charge is -2.39. The zero-order chi connectivity index (χ0) is 24.5. The molecule has 2 aromatic carbocycles. The number of hydrogen-bond donors (Lipinski definition) is 0. The maximum atomic E-state index is 12.2. The molecule has 0 unspecified atom stereocenters. The second kappa shape index (κ2) is 9.23. The smallest absolute Gasteiger partial charge is 0.339 e. The lowest BCUT2D eigenvalue weighted by Crippen LogP contribution is -2.58. The van der Waals surface area contributed by atoms with Gasteiger partial charge in [-0.3, -0.25) is 0 Å². The van der Waals surface area contributed by atoms with Crippen molar-refractivity contribution in [3.63, 3.8) is 0 Å². The van der Waals surface area contributed by atoms with Gasteiger partial charge in [-0.2, -0.15) is 0 Å². The minimum absolute atomic E-state index is 0.0941. The molecule has 0 saturated carbocycles. The number of piperidine rings is 1. The number of anilines is 1. The van der Waals surface area contributed by atoms with E-state index < -0.39 is 17.8 Å². The Morgan fingerprint density at radius 2 is 1.47 bits per heavy atom. The number of aromatic nitrogens is 2. The highest BCUT2D eigenvalue weighted by Crippen LogP contribution is 2.37. The molecule has 4 aliphatic rings. The molecule has 2 bridgehead atoms. The number of ether oxygens (including phenoxy) is 2. The maximum Gasteiger partial charge on any atom is 0.339 e. The van der Waals surface area contributed by atoms with Gasteiger partial charge in [-0.1, -0.05) is 47.6 Å². The van der Waals surface area contributed by atoms with Crippen LogP contribution in [0.5, 0.6) is 0 Å². The molecule has 184 valence electrons. The van der Waals surface area contributed by atoms with Crippen LogP contribution in [0, 0.1) is 0 Å². The van der Waals surface area contributed by atoms with E-state index in [0.717, 1.165) is 43.4 Å². The number of fused-ring (bicyclic) bond motifs is 3. The quantitative estimate of drug-likeness (QED) is 0.504. The average molecular weight is 487 g/mol. The first-order valence-corrected chi connectivity index (χ1v) is 12.2. The number of carbonyl (C=O) groups is 2. The molecule has 3 saturated heterocycles. The average Bonchev–Trinajstić information content (AvgIpc) is 3.23. The summed E-state index contributed by atoms with van der Waals surface area (Å²) in [6.45, 7) is 1.33. The van der Waals surface area contributed by atoms with E-state index in [0.29, 0.717) is 25.0 Å². The second-order valence-electron chi connectivity index (χ2n) is 9.31. The first kappa shape index (κ1) is 22.5. The van der Waals surface area contributed by atoms with Gasteiger partial charge in [-0.25, -0.2) is 14.5 Å². The van der Waals surface area contributed by atoms with Crippen molar-refractivity contribution in [1.82, 2.24) is 15.1 Å². The largest absolute Gasteiger partial charge is 0.403 e. The molecule has 0 atom stereocenters. The van der Waals surface area contributed by atoms with E-state index in [9.17, 15) is 9.59 Å². The number of aryl methyl sites for hydroxylation is 2. The summed E-state index contributed by atoms with van der Waals surface area (Å²) in [6.07, 6.45) is 5.68. The van der Waals surface area contributed by atoms with Crippen LogP contribution in [-0.4, -0.2) is 58.6 Å². The van der Waals surface area contributed by atoms with E-state index in [-0.39, 0.29) is 12.6 Å². The van der Waals surface area contributed by atoms with Gasteiger partial charge in [-0.05, 0) is 48.9 Å². The van der Waals surface area contributed by atoms with Gasteiger partial charge < -0.3 is 18.8 Å². The second-order valence-corrected chi connectivity index (χ2v) is 9.31. The van der Waals surface area contributed by atoms with E-state index >= 15 is 0 Å². The van der Waals surface area contributed by atoms with Crippen LogP contribution in [0.2, 0.25) is 0 Å². The number of nitrogens with zero attached hydrogens (tertiary/aromatic N) is 4. The molecule has 5 heterocycles. The van der Waals surface area contributed by atoms with Gasteiger partial charge in [0.2, 0.25) is 5.89 Å². The highest BCUT2D eigenvalue weighted by molar-refractivity contribution is 5.93. The van der Waals surface area contributed by atoms with Gasteiger partial charge in [0, 0.05) is 36.8 Å². The standard InChI is InChI=1S/C27H26N4O5/c32-23-12-13-24(33)36-27(35-23)18-31(22-14-16-30(27)17-15-22)26-29-28-25(34-26)21-10-8-20(9-11-21)7-6-19-4-2-1-3-5-19/h1-5,8-13,22H,6-7,14-18H2. The third-order valence-corrected chi connectivity index (χ3v) is 7.04. The number of rotatable bonds is 5. The van der Waals surface area contributed by atoms with Crippen LogP contribution in [0.4, 0.5) is 6.01 Å². The predicted molar refractivity (Wildman–Crippen MR) is 130 cm³/mol. The number of benzene rings is 2. The molecule has 4 aliphatic heterocycles. The minimum Gasteiger partial charge on any atom is -0.403 e. The molecule has 0 N–H and O–H groups in total. The van der Waals surface area contributed by atoms with E-state index in [4.69, 9.17) is 13.9 Å². The molecule has 0 aliphatic carbocycles. The van der Waals surface area contributed by atoms with Crippen molar-refractivity contribution >= 4 is 18.0 Å². The molecule has 3 fully saturated rings. The topological polar surface area (TPSA) is 98.0 Å². The van der Waals surface area contributed by atoms with Crippen molar-refractivity contribution in [1.29, 1.82) is 0 Å². The normalized spacial score (nSPS) is 22.7. The SMILES string of the molecule is O=C1C=CC(=O)OC2(CN(c3nnc(-c4ccc(CCc5ccccc5)cc4)o3)C3CCN2CC3)O1. The molecule has 36 heavy (non-hydrogen) atoms. The number of carbonyl (C=O) groups excluding carboxylic acids is 2. The lowest BCUT2D eigenvalue weighted by molar-refractivity contribution is -0.274. The Balaban J connectivity index is 1.21. The third kappa shape index (κ3) is 4.37. The van der Waals surface area contributed by atoms with Crippen molar-refractivity contribution in [2.75, 3.05) is 24.5 Å². The number of esters is 2. The predicted octanol–water partition coefficient (Wildman–Crippen LogP) is 3.12. The first-order valence-electron chi connectivity index (χ1n) is 12.2. The molecular formula is C27H26N4O5. The summed E-state index contributed by atoms with van der Waals surface area (Å²) in [4.78, 5) is 28.3. The van der Waals surface area contributed by atoms with Crippen LogP contribution in [0.25, 0.3) is 11.5 Å². The Morgan fingerprint density at radius 3 is 2.14 bits per heavy atom. The van der Waals surface area contributed by atoms with Crippen molar-refractivity contribution in [2.24, 2.45) is 0 Å². The van der Waals surface area contributed by atoms with Crippen LogP contribution < -0.4 is 4.90 Å². The van der Waals surface area contributed by atoms with Crippen LogP contribution >= 0.6 is 0 Å². The molecular weight excluding hydrogens is 460 g/mol. The molecule has 0 radical (unpaired) electrons. The Morgan fingerprint density at radius 1 is 0.833 bits per heavy atom. The van der Waals surface area contributed by atoms with Gasteiger partial charge in [-0.15, -0.1) is 5.10 Å². The van der Waals surface area contributed by atoms with E-state index in [1.165, 1.54) is 11.1 Å². The molecule has 1 spiro atoms. The third-order valence-electron chi connectivity index (χ3n) is 7.04. The van der Waals surface area contributed by atoms with E-state index in [1.54, 1.807) is 0 Å². The maximum absolute atomic E-state index is 12.2. The lowest BCUT2D eigenvalue weighted by atomic mass is 10.0. The Kier molecular flexibility index (Phi) is 5.77. The van der Waals surface area contributed by atoms with E-state index in [1.807, 2.05) is 28.0 Å². The van der Waals surface area contributed by atoms with Gasteiger partial charge >= 0.3 is 23.9 Å². The summed E-state index contributed by atoms with van der Waals surface area (Å²) in [5.74, 6) is -2.36. The van der Waals surface area contributed by atoms with Gasteiger partial charge in [0.1, 0.15) is 6.54 Å². The van der Waals surface area contributed by atoms with Gasteiger partial charge in [0.05, 0.1) is 0 Å². The summed E-state index contributed by atoms with van der Waals surface area (Å²) < 4.78 is 17.4. The number of hydrogen-bond acceptors (Lipinski definition) is 9. The highest BCUT2D eigenvalue weighted by Gasteiger charge is 2.53. The monoisotopic (exact) mass is 486 g/mol. The summed E-state index contributed by atoms with van der Waals surface area (Å²) >= 11 is 0. The summed E-state index contributed by atoms with van der Waals surface area (Å²) in [7, 11) is 0. The van der Waals surface area contributed by atoms with Crippen LogP contribution in [0.3, 0.4) is 0 Å². The van der Waals surface area contributed by atoms with Crippen molar-refractivity contribution < 1.29 is 23.5 Å². The fourth-order valence-corrected chi connectivity index (χ4v) is 5.11. The van der Waals surface area contributed by atoms with Gasteiger partial charge in [0.15, 0.2) is 0 Å². The molecule has 3 aromatic rings. The van der Waals surface area contributed by atoms with Gasteiger partial charge in [0.25, 0.3) is 0 Å². The van der Waals surface area contributed by atoms with Crippen molar-refractivity contribution in [2.45, 2.75) is 37.6 Å². The molecule has 9 heteroatoms. The molecule has 7 rings (SSSR count). The van der Waals surface area contributed by atoms with Crippen LogP contribution in [0.15, 0.2) is 71.2 Å². The fraction of sp³-hybridized carbons (Fsp3) is 0.333. The Hall–Kier alpha value is -3.98. The van der Waals surface area contributed by atoms with Crippen LogP contribution in [0.1, 0.15) is 24.0 Å². The summed E-state index contributed by atoms with van der Waals surface area (Å²) in [5, 5.41) is 8.59. The van der Waals surface area contributed by atoms with Crippen molar-refractivity contribution in [3.8, 4) is 11.5 Å².